The van der Waals surface area contributed by atoms with Crippen LogP contribution in [-0.2, 0) is 23.9 Å². The van der Waals surface area contributed by atoms with E-state index in [1.165, 1.54) is 7.11 Å². The Kier molecular flexibility index (Phi) is 5.89. The lowest BCUT2D eigenvalue weighted by Crippen LogP contribution is -2.42. The molecule has 0 aromatic heterocycles. The van der Waals surface area contributed by atoms with Crippen LogP contribution in [0.1, 0.15) is 47.5 Å². The van der Waals surface area contributed by atoms with Crippen molar-refractivity contribution in [2.45, 2.75) is 53.6 Å². The van der Waals surface area contributed by atoms with Gasteiger partial charge in [-0.2, -0.15) is 0 Å². The zero-order chi connectivity index (χ0) is 19.6. The van der Waals surface area contributed by atoms with Crippen LogP contribution in [0, 0.1) is 17.3 Å². The maximum atomic E-state index is 12.7. The Morgan fingerprint density at radius 2 is 2.00 bits per heavy atom. The lowest BCUT2D eigenvalue weighted by Gasteiger charge is -2.45. The van der Waals surface area contributed by atoms with Gasteiger partial charge in [0.2, 0.25) is 0 Å². The van der Waals surface area contributed by atoms with Gasteiger partial charge in [-0.15, -0.1) is 0 Å². The molecule has 0 bridgehead atoms. The fourth-order valence-corrected chi connectivity index (χ4v) is 3.69. The van der Waals surface area contributed by atoms with Crippen molar-refractivity contribution >= 4 is 17.7 Å². The molecule has 26 heavy (non-hydrogen) atoms. The first-order valence-corrected chi connectivity index (χ1v) is 9.06. The van der Waals surface area contributed by atoms with Crippen molar-refractivity contribution in [3.63, 3.8) is 0 Å². The Balaban J connectivity index is 2.38. The minimum Gasteiger partial charge on any atom is -0.469 e. The standard InChI is InChI=1S/C21H28O5/c1-7-12(2)19(23)26-18-9-8-13(3)21(5)11-15(14(4)20(24)25-6)17(22)10-16(18)21/h7,10-11,13-14,18H,8-9H2,1-6H3/b12-7-/t13-,14-,18+,21+/m0/s1. The number of carbonyl (C=O) groups is 3. The number of ketones is 1. The van der Waals surface area contributed by atoms with Gasteiger partial charge in [0, 0.05) is 16.6 Å². The Bertz CT molecular complexity index is 712. The van der Waals surface area contributed by atoms with E-state index >= 15 is 0 Å². The summed E-state index contributed by atoms with van der Waals surface area (Å²) in [6.45, 7) is 9.34. The van der Waals surface area contributed by atoms with E-state index in [2.05, 4.69) is 6.92 Å². The Morgan fingerprint density at radius 1 is 1.35 bits per heavy atom. The number of allylic oxidation sites excluding steroid dienone is 3. The molecule has 0 aromatic rings. The molecule has 2 rings (SSSR count). The highest BCUT2D eigenvalue weighted by atomic mass is 16.5. The van der Waals surface area contributed by atoms with Crippen LogP contribution in [0.15, 0.2) is 34.9 Å². The highest BCUT2D eigenvalue weighted by Crippen LogP contribution is 2.50. The molecule has 1 saturated carbocycles. The Morgan fingerprint density at radius 3 is 2.58 bits per heavy atom. The van der Waals surface area contributed by atoms with E-state index in [4.69, 9.17) is 9.47 Å². The van der Waals surface area contributed by atoms with Crippen LogP contribution in [0.4, 0.5) is 0 Å². The van der Waals surface area contributed by atoms with E-state index in [0.29, 0.717) is 17.6 Å². The van der Waals surface area contributed by atoms with Gasteiger partial charge in [-0.1, -0.05) is 26.0 Å². The maximum Gasteiger partial charge on any atom is 0.333 e. The van der Waals surface area contributed by atoms with Crippen molar-refractivity contribution in [1.29, 1.82) is 0 Å². The average molecular weight is 360 g/mol. The van der Waals surface area contributed by atoms with Gasteiger partial charge in [0.15, 0.2) is 5.78 Å². The summed E-state index contributed by atoms with van der Waals surface area (Å²) in [5.74, 6) is -1.36. The van der Waals surface area contributed by atoms with Gasteiger partial charge in [0.1, 0.15) is 6.10 Å². The van der Waals surface area contributed by atoms with E-state index in [9.17, 15) is 14.4 Å². The molecule has 0 unspecified atom stereocenters. The molecule has 0 saturated heterocycles. The molecule has 4 atom stereocenters. The van der Waals surface area contributed by atoms with Crippen molar-refractivity contribution in [3.8, 4) is 0 Å². The van der Waals surface area contributed by atoms with E-state index in [1.54, 1.807) is 32.9 Å². The van der Waals surface area contributed by atoms with Crippen LogP contribution in [0.3, 0.4) is 0 Å². The molecule has 0 spiro atoms. The highest BCUT2D eigenvalue weighted by Gasteiger charge is 2.46. The number of hydrogen-bond donors (Lipinski definition) is 0. The molecule has 5 heteroatoms. The fraction of sp³-hybridized carbons (Fsp3) is 0.571. The summed E-state index contributed by atoms with van der Waals surface area (Å²) in [7, 11) is 1.32. The second kappa shape index (κ2) is 7.60. The second-order valence-electron chi connectivity index (χ2n) is 7.44. The summed E-state index contributed by atoms with van der Waals surface area (Å²) in [5.41, 5.74) is 1.38. The molecule has 1 fully saturated rings. The minimum absolute atomic E-state index is 0.215. The number of carbonyl (C=O) groups excluding carboxylic acids is 3. The number of rotatable bonds is 4. The summed E-state index contributed by atoms with van der Waals surface area (Å²) in [5, 5.41) is 0. The van der Waals surface area contributed by atoms with Crippen LogP contribution in [-0.4, -0.2) is 30.9 Å². The predicted octanol–water partition coefficient (Wildman–Crippen LogP) is 3.55. The van der Waals surface area contributed by atoms with Gasteiger partial charge in [-0.25, -0.2) is 4.79 Å². The van der Waals surface area contributed by atoms with Gasteiger partial charge >= 0.3 is 11.9 Å². The topological polar surface area (TPSA) is 69.7 Å². The van der Waals surface area contributed by atoms with Gasteiger partial charge in [0.25, 0.3) is 0 Å². The molecule has 5 nitrogen and oxygen atoms in total. The quantitative estimate of drug-likeness (QED) is 0.566. The Labute approximate surface area is 155 Å². The molecule has 0 radical (unpaired) electrons. The zero-order valence-electron chi connectivity index (χ0n) is 16.4. The average Bonchev–Trinajstić information content (AvgIpc) is 2.63. The van der Waals surface area contributed by atoms with Gasteiger partial charge in [0.05, 0.1) is 13.0 Å². The van der Waals surface area contributed by atoms with Crippen LogP contribution in [0.25, 0.3) is 0 Å². The minimum atomic E-state index is -0.623. The van der Waals surface area contributed by atoms with Crippen LogP contribution in [0.2, 0.25) is 0 Å². The largest absolute Gasteiger partial charge is 0.469 e. The van der Waals surface area contributed by atoms with Crippen molar-refractivity contribution in [2.24, 2.45) is 17.3 Å². The van der Waals surface area contributed by atoms with Crippen molar-refractivity contribution in [2.75, 3.05) is 7.11 Å². The molecule has 0 amide bonds. The number of esters is 2. The molecule has 142 valence electrons. The van der Waals surface area contributed by atoms with E-state index in [0.717, 1.165) is 12.0 Å². The molecule has 2 aliphatic carbocycles. The Hall–Kier alpha value is -2.17. The van der Waals surface area contributed by atoms with Gasteiger partial charge < -0.3 is 9.47 Å². The van der Waals surface area contributed by atoms with E-state index in [1.807, 2.05) is 13.0 Å². The third-order valence-electron chi connectivity index (χ3n) is 5.91. The second-order valence-corrected chi connectivity index (χ2v) is 7.44. The number of methoxy groups -OCH3 is 1. The summed E-state index contributed by atoms with van der Waals surface area (Å²) in [6.07, 6.45) is 6.30. The molecule has 0 heterocycles. The first kappa shape index (κ1) is 20.1. The smallest absolute Gasteiger partial charge is 0.333 e. The highest BCUT2D eigenvalue weighted by molar-refractivity contribution is 6.09. The predicted molar refractivity (Wildman–Crippen MR) is 98.2 cm³/mol. The third kappa shape index (κ3) is 3.53. The van der Waals surface area contributed by atoms with E-state index in [-0.39, 0.29) is 17.7 Å². The first-order valence-electron chi connectivity index (χ1n) is 9.06. The lowest BCUT2D eigenvalue weighted by molar-refractivity contribution is -0.144. The summed E-state index contributed by atoms with van der Waals surface area (Å²) in [6, 6.07) is 0. The van der Waals surface area contributed by atoms with Crippen molar-refractivity contribution in [1.82, 2.24) is 0 Å². The van der Waals surface area contributed by atoms with Crippen molar-refractivity contribution < 1.29 is 23.9 Å². The normalized spacial score (nSPS) is 29.9. The number of fused-ring (bicyclic) bond motifs is 1. The molecule has 0 aromatic carbocycles. The number of hydrogen-bond acceptors (Lipinski definition) is 5. The molecular weight excluding hydrogens is 332 g/mol. The SMILES string of the molecule is C/C=C(/C)C(=O)O[C@@H]1CC[C@H](C)[C@@]2(C)C=C([C@H](C)C(=O)OC)C(=O)C=C12. The monoisotopic (exact) mass is 360 g/mol. The van der Waals surface area contributed by atoms with Crippen LogP contribution in [0.5, 0.6) is 0 Å². The summed E-state index contributed by atoms with van der Waals surface area (Å²) in [4.78, 5) is 36.8. The van der Waals surface area contributed by atoms with Crippen LogP contribution < -0.4 is 0 Å². The number of ether oxygens (including phenoxy) is 2. The third-order valence-corrected chi connectivity index (χ3v) is 5.91. The van der Waals surface area contributed by atoms with E-state index < -0.39 is 23.4 Å². The summed E-state index contributed by atoms with van der Waals surface area (Å²) >= 11 is 0. The van der Waals surface area contributed by atoms with Gasteiger partial charge in [-0.3, -0.25) is 9.59 Å². The summed E-state index contributed by atoms with van der Waals surface area (Å²) < 4.78 is 10.5. The molecule has 2 aliphatic rings. The fourth-order valence-electron chi connectivity index (χ4n) is 3.69. The first-order chi connectivity index (χ1) is 12.2. The van der Waals surface area contributed by atoms with Crippen LogP contribution >= 0.6 is 0 Å². The van der Waals surface area contributed by atoms with Crippen molar-refractivity contribution in [3.05, 3.63) is 34.9 Å². The maximum absolute atomic E-state index is 12.7. The molecule has 0 N–H and O–H groups in total. The zero-order valence-corrected chi connectivity index (χ0v) is 16.4. The molecule has 0 aliphatic heterocycles. The lowest BCUT2D eigenvalue weighted by atomic mass is 9.60. The van der Waals surface area contributed by atoms with Gasteiger partial charge in [-0.05, 0) is 51.2 Å². The molecular formula is C21H28O5.